The summed E-state index contributed by atoms with van der Waals surface area (Å²) in [6, 6.07) is 8.85. The molecule has 0 atom stereocenters. The monoisotopic (exact) mass is 184 g/mol. The maximum atomic E-state index is 2.28. The van der Waals surface area contributed by atoms with Gasteiger partial charge in [-0.2, -0.15) is 0 Å². The molecule has 14 heavy (non-hydrogen) atoms. The van der Waals surface area contributed by atoms with Gasteiger partial charge in [-0.25, -0.2) is 0 Å². The quantitative estimate of drug-likeness (QED) is 0.580. The highest BCUT2D eigenvalue weighted by molar-refractivity contribution is 5.74. The average molecular weight is 184 g/mol. The van der Waals surface area contributed by atoms with Crippen molar-refractivity contribution in [3.05, 3.63) is 46.5 Å². The van der Waals surface area contributed by atoms with Gasteiger partial charge in [0.1, 0.15) is 0 Å². The summed E-state index contributed by atoms with van der Waals surface area (Å²) in [6.07, 6.45) is 0. The Bertz CT molecular complexity index is 413. The van der Waals surface area contributed by atoms with Crippen LogP contribution in [-0.4, -0.2) is 0 Å². The summed E-state index contributed by atoms with van der Waals surface area (Å²) in [5.74, 6) is 0. The molecule has 0 aromatic carbocycles. The second kappa shape index (κ2) is 3.13. The lowest BCUT2D eigenvalue weighted by atomic mass is 10.0. The highest BCUT2D eigenvalue weighted by Crippen LogP contribution is 2.31. The van der Waals surface area contributed by atoms with E-state index in [4.69, 9.17) is 0 Å². The van der Waals surface area contributed by atoms with Crippen molar-refractivity contribution in [2.24, 2.45) is 0 Å². The molecule has 0 nitrogen and oxygen atoms in total. The van der Waals surface area contributed by atoms with Crippen LogP contribution in [0.3, 0.4) is 0 Å². The molecular formula is C14H16. The lowest BCUT2D eigenvalue weighted by Gasteiger charge is -2.01. The molecule has 0 aromatic heterocycles. The highest BCUT2D eigenvalue weighted by Gasteiger charge is 2.09. The van der Waals surface area contributed by atoms with E-state index in [0.29, 0.717) is 0 Å². The lowest BCUT2D eigenvalue weighted by molar-refractivity contribution is 1.34. The standard InChI is InChI=1S/C14H16/c1-9-8-10(2)12(4)14-7-5-6-13(14)11(9)3/h5-8H,1-4H3. The molecule has 0 unspecified atom stereocenters. The van der Waals surface area contributed by atoms with E-state index >= 15 is 0 Å². The summed E-state index contributed by atoms with van der Waals surface area (Å²) in [6.45, 7) is 8.79. The predicted octanol–water partition coefficient (Wildman–Crippen LogP) is 4.03. The highest BCUT2D eigenvalue weighted by atomic mass is 14.1. The third-order valence-corrected chi connectivity index (χ3v) is 3.24. The van der Waals surface area contributed by atoms with Crippen molar-refractivity contribution in [3.8, 4) is 11.1 Å². The van der Waals surface area contributed by atoms with Crippen LogP contribution in [0.4, 0.5) is 0 Å². The first-order chi connectivity index (χ1) is 6.61. The van der Waals surface area contributed by atoms with E-state index in [1.165, 1.54) is 33.4 Å². The second-order valence-electron chi connectivity index (χ2n) is 4.11. The van der Waals surface area contributed by atoms with E-state index in [2.05, 4.69) is 52.0 Å². The maximum Gasteiger partial charge on any atom is -0.0149 e. The van der Waals surface area contributed by atoms with E-state index in [1.54, 1.807) is 0 Å². The molecule has 0 N–H and O–H groups in total. The zero-order valence-corrected chi connectivity index (χ0v) is 9.31. The summed E-state index contributed by atoms with van der Waals surface area (Å²) in [5, 5.41) is 0. The Morgan fingerprint density at radius 3 is 1.57 bits per heavy atom. The number of hydrogen-bond acceptors (Lipinski definition) is 0. The Labute approximate surface area is 85.9 Å². The van der Waals surface area contributed by atoms with Gasteiger partial charge >= 0.3 is 0 Å². The summed E-state index contributed by atoms with van der Waals surface area (Å²) in [4.78, 5) is 0. The molecule has 0 spiro atoms. The third kappa shape index (κ3) is 1.22. The fraction of sp³-hybridized carbons (Fsp3) is 0.286. The fourth-order valence-corrected chi connectivity index (χ4v) is 2.04. The zero-order valence-electron chi connectivity index (χ0n) is 9.31. The van der Waals surface area contributed by atoms with Crippen molar-refractivity contribution in [3.63, 3.8) is 0 Å². The van der Waals surface area contributed by atoms with Gasteiger partial charge in [-0.1, -0.05) is 24.3 Å². The molecule has 2 rings (SSSR count). The molecule has 0 bridgehead atoms. The minimum atomic E-state index is 1.38. The van der Waals surface area contributed by atoms with Gasteiger partial charge < -0.3 is 0 Å². The minimum Gasteiger partial charge on any atom is -0.0610 e. The normalized spacial score (nSPS) is 10.9. The zero-order chi connectivity index (χ0) is 10.3. The van der Waals surface area contributed by atoms with Crippen molar-refractivity contribution in [2.75, 3.05) is 0 Å². The van der Waals surface area contributed by atoms with E-state index in [0.717, 1.165) is 0 Å². The topological polar surface area (TPSA) is 0 Å². The Morgan fingerprint density at radius 2 is 1.14 bits per heavy atom. The van der Waals surface area contributed by atoms with Gasteiger partial charge in [0.05, 0.1) is 0 Å². The first-order valence-electron chi connectivity index (χ1n) is 5.07. The van der Waals surface area contributed by atoms with Crippen molar-refractivity contribution < 1.29 is 0 Å². The van der Waals surface area contributed by atoms with Gasteiger partial charge in [-0.3, -0.25) is 0 Å². The van der Waals surface area contributed by atoms with Gasteiger partial charge in [-0.15, -0.1) is 0 Å². The minimum absolute atomic E-state index is 1.38. The number of aryl methyl sites for hydroxylation is 2. The van der Waals surface area contributed by atoms with Gasteiger partial charge in [-0.05, 0) is 61.1 Å². The van der Waals surface area contributed by atoms with E-state index < -0.39 is 0 Å². The van der Waals surface area contributed by atoms with Gasteiger partial charge in [0.15, 0.2) is 0 Å². The number of rotatable bonds is 0. The predicted molar refractivity (Wildman–Crippen MR) is 62.0 cm³/mol. The van der Waals surface area contributed by atoms with E-state index in [1.807, 2.05) is 0 Å². The van der Waals surface area contributed by atoms with Gasteiger partial charge in [0, 0.05) is 0 Å². The Kier molecular flexibility index (Phi) is 2.07. The molecular weight excluding hydrogens is 168 g/mol. The molecule has 0 fully saturated rings. The first kappa shape index (κ1) is 9.26. The summed E-state index contributed by atoms with van der Waals surface area (Å²) < 4.78 is 0. The SMILES string of the molecule is Cc1cc(C)c(C)c2cccc-2c1C. The smallest absolute Gasteiger partial charge is 0.0149 e. The first-order valence-corrected chi connectivity index (χ1v) is 5.07. The molecule has 0 amide bonds. The van der Waals surface area contributed by atoms with Crippen LogP contribution in [0.25, 0.3) is 11.1 Å². The molecule has 0 aliphatic heterocycles. The molecule has 2 aliphatic rings. The van der Waals surface area contributed by atoms with Crippen LogP contribution >= 0.6 is 0 Å². The Hall–Kier alpha value is -1.30. The molecule has 0 heteroatoms. The van der Waals surface area contributed by atoms with Crippen LogP contribution in [0.5, 0.6) is 0 Å². The van der Waals surface area contributed by atoms with E-state index in [-0.39, 0.29) is 0 Å². The summed E-state index contributed by atoms with van der Waals surface area (Å²) in [7, 11) is 0. The molecule has 0 saturated heterocycles. The second-order valence-corrected chi connectivity index (χ2v) is 4.11. The Morgan fingerprint density at radius 1 is 0.714 bits per heavy atom. The molecule has 0 saturated carbocycles. The van der Waals surface area contributed by atoms with Crippen molar-refractivity contribution >= 4 is 0 Å². The number of hydrogen-bond donors (Lipinski definition) is 0. The summed E-state index contributed by atoms with van der Waals surface area (Å²) in [5.41, 5.74) is 8.36. The maximum absolute atomic E-state index is 2.28. The molecule has 72 valence electrons. The van der Waals surface area contributed by atoms with Crippen molar-refractivity contribution in [1.29, 1.82) is 0 Å². The molecule has 0 radical (unpaired) electrons. The largest absolute Gasteiger partial charge is 0.0610 e. The Balaban J connectivity index is 2.92. The van der Waals surface area contributed by atoms with Crippen LogP contribution in [-0.2, 0) is 0 Å². The molecule has 0 aromatic rings. The van der Waals surface area contributed by atoms with E-state index in [9.17, 15) is 0 Å². The molecule has 0 heterocycles. The molecule has 2 aliphatic carbocycles. The number of fused-ring (bicyclic) bond motifs is 1. The van der Waals surface area contributed by atoms with Gasteiger partial charge in [0.2, 0.25) is 0 Å². The van der Waals surface area contributed by atoms with Crippen LogP contribution in [0.15, 0.2) is 24.3 Å². The van der Waals surface area contributed by atoms with Crippen LogP contribution < -0.4 is 0 Å². The van der Waals surface area contributed by atoms with Crippen molar-refractivity contribution in [2.45, 2.75) is 27.7 Å². The summed E-state index contributed by atoms with van der Waals surface area (Å²) >= 11 is 0. The lowest BCUT2D eigenvalue weighted by Crippen LogP contribution is -1.79. The average Bonchev–Trinajstić information content (AvgIpc) is 2.60. The van der Waals surface area contributed by atoms with Crippen LogP contribution in [0.1, 0.15) is 22.3 Å². The van der Waals surface area contributed by atoms with Crippen molar-refractivity contribution in [1.82, 2.24) is 0 Å². The third-order valence-electron chi connectivity index (χ3n) is 3.24. The van der Waals surface area contributed by atoms with Gasteiger partial charge in [0.25, 0.3) is 0 Å². The van der Waals surface area contributed by atoms with Crippen LogP contribution in [0, 0.1) is 27.7 Å². The fourth-order valence-electron chi connectivity index (χ4n) is 2.04. The van der Waals surface area contributed by atoms with Crippen LogP contribution in [0.2, 0.25) is 0 Å².